The molecule has 9 heteroatoms. The number of aryl methyl sites for hydroxylation is 1. The van der Waals surface area contributed by atoms with Gasteiger partial charge in [-0.2, -0.15) is 0 Å². The Morgan fingerprint density at radius 2 is 1.84 bits per heavy atom. The number of benzene rings is 1. The van der Waals surface area contributed by atoms with Crippen molar-refractivity contribution >= 4 is 25.6 Å². The third-order valence-corrected chi connectivity index (χ3v) is 8.34. The third-order valence-electron chi connectivity index (χ3n) is 4.17. The van der Waals surface area contributed by atoms with Crippen LogP contribution >= 0.6 is 0 Å². The predicted octanol–water partition coefficient (Wildman–Crippen LogP) is 0.341. The van der Waals surface area contributed by atoms with E-state index in [0.717, 1.165) is 12.0 Å². The number of carbonyl (C=O) groups is 1. The topological polar surface area (TPSA) is 107 Å². The van der Waals surface area contributed by atoms with Gasteiger partial charge in [-0.15, -0.1) is 0 Å². The van der Waals surface area contributed by atoms with Crippen molar-refractivity contribution in [2.45, 2.75) is 36.5 Å². The van der Waals surface area contributed by atoms with Crippen LogP contribution < -0.4 is 5.32 Å². The van der Waals surface area contributed by atoms with Gasteiger partial charge in [0.2, 0.25) is 0 Å². The lowest BCUT2D eigenvalue weighted by Gasteiger charge is -2.19. The van der Waals surface area contributed by atoms with Gasteiger partial charge in [-0.1, -0.05) is 19.1 Å². The summed E-state index contributed by atoms with van der Waals surface area (Å²) in [5.74, 6) is -1.32. The summed E-state index contributed by atoms with van der Waals surface area (Å²) in [5, 5.41) is 1.61. The van der Waals surface area contributed by atoms with Gasteiger partial charge in [-0.3, -0.25) is 4.79 Å². The van der Waals surface area contributed by atoms with Crippen LogP contribution in [0.5, 0.6) is 0 Å². The number of rotatable bonds is 7. The number of nitrogens with one attached hydrogen (secondary N) is 1. The summed E-state index contributed by atoms with van der Waals surface area (Å²) in [6, 6.07) is 5.60. The second-order valence-electron chi connectivity index (χ2n) is 5.95. The quantitative estimate of drug-likeness (QED) is 0.670. The Labute approximate surface area is 148 Å². The first-order valence-electron chi connectivity index (χ1n) is 8.12. The normalized spacial score (nSPS) is 22.6. The number of sulfone groups is 2. The fourth-order valence-corrected chi connectivity index (χ4v) is 7.54. The van der Waals surface area contributed by atoms with Crippen LogP contribution in [0, 0.1) is 0 Å². The molecule has 0 unspecified atom stereocenters. The number of hydrogen-bond acceptors (Lipinski definition) is 7. The van der Waals surface area contributed by atoms with Gasteiger partial charge in [-0.25, -0.2) is 16.8 Å². The molecule has 0 radical (unpaired) electrons. The second-order valence-corrected chi connectivity index (χ2v) is 10.3. The van der Waals surface area contributed by atoms with E-state index >= 15 is 0 Å². The van der Waals surface area contributed by atoms with E-state index in [0.29, 0.717) is 0 Å². The van der Waals surface area contributed by atoms with Crippen molar-refractivity contribution in [3.05, 3.63) is 29.8 Å². The highest BCUT2D eigenvalue weighted by molar-refractivity contribution is 7.96. The Kier molecular flexibility index (Phi) is 6.23. The van der Waals surface area contributed by atoms with E-state index in [1.165, 1.54) is 12.1 Å². The second kappa shape index (κ2) is 7.84. The minimum Gasteiger partial charge on any atom is -0.465 e. The zero-order chi connectivity index (χ0) is 18.7. The van der Waals surface area contributed by atoms with Crippen LogP contribution in [0.15, 0.2) is 29.2 Å². The van der Waals surface area contributed by atoms with Crippen molar-refractivity contribution in [1.82, 2.24) is 5.32 Å². The first kappa shape index (κ1) is 19.9. The Bertz CT molecular complexity index is 815. The van der Waals surface area contributed by atoms with Crippen LogP contribution in [0.4, 0.5) is 0 Å². The molecule has 0 aromatic heterocycles. The lowest BCUT2D eigenvalue weighted by atomic mass is 10.2. The first-order chi connectivity index (χ1) is 11.7. The monoisotopic (exact) mass is 389 g/mol. The van der Waals surface area contributed by atoms with Gasteiger partial charge in [0, 0.05) is 6.04 Å². The average Bonchev–Trinajstić information content (AvgIpc) is 2.89. The maximum absolute atomic E-state index is 12.9. The molecule has 0 saturated carbocycles. The maximum atomic E-state index is 12.9. The molecule has 1 aliphatic heterocycles. The highest BCUT2D eigenvalue weighted by atomic mass is 32.2. The molecule has 0 aliphatic carbocycles. The molecule has 2 atom stereocenters. The van der Waals surface area contributed by atoms with Crippen LogP contribution in [-0.4, -0.2) is 58.8 Å². The molecular weight excluding hydrogens is 366 g/mol. The standard InChI is InChI=1S/C16H23NO6S2/c1-3-12-5-7-13(8-6-12)25(21,22)15-11-24(19,20)10-14(15)17-9-16(18)23-4-2/h5-8,14-15,17H,3-4,9-11H2,1-2H3/t14-,15-/m0/s1. The van der Waals surface area contributed by atoms with Crippen LogP contribution in [0.2, 0.25) is 0 Å². The van der Waals surface area contributed by atoms with Crippen LogP contribution in [0.25, 0.3) is 0 Å². The summed E-state index contributed by atoms with van der Waals surface area (Å²) >= 11 is 0. The summed E-state index contributed by atoms with van der Waals surface area (Å²) in [6.45, 7) is 3.59. The van der Waals surface area contributed by atoms with Gasteiger partial charge in [0.1, 0.15) is 0 Å². The minimum atomic E-state index is -3.84. The van der Waals surface area contributed by atoms with E-state index in [1.54, 1.807) is 19.1 Å². The summed E-state index contributed by atoms with van der Waals surface area (Å²) in [4.78, 5) is 11.6. The number of carbonyl (C=O) groups excluding carboxylic acids is 1. The molecule has 1 saturated heterocycles. The Hall–Kier alpha value is -1.45. The predicted molar refractivity (Wildman–Crippen MR) is 93.9 cm³/mol. The van der Waals surface area contributed by atoms with Gasteiger partial charge < -0.3 is 10.1 Å². The van der Waals surface area contributed by atoms with Crippen LogP contribution in [0.1, 0.15) is 19.4 Å². The average molecular weight is 389 g/mol. The van der Waals surface area contributed by atoms with Crippen LogP contribution in [0.3, 0.4) is 0 Å². The smallest absolute Gasteiger partial charge is 0.319 e. The van der Waals surface area contributed by atoms with E-state index in [1.807, 2.05) is 6.92 Å². The fraction of sp³-hybridized carbons (Fsp3) is 0.562. The van der Waals surface area contributed by atoms with Crippen molar-refractivity contribution < 1.29 is 26.4 Å². The molecule has 1 fully saturated rings. The zero-order valence-corrected chi connectivity index (χ0v) is 15.9. The van der Waals surface area contributed by atoms with Crippen molar-refractivity contribution in [3.8, 4) is 0 Å². The minimum absolute atomic E-state index is 0.0923. The molecule has 7 nitrogen and oxygen atoms in total. The summed E-state index contributed by atoms with van der Waals surface area (Å²) < 4.78 is 54.5. The molecule has 2 rings (SSSR count). The SMILES string of the molecule is CCOC(=O)CN[C@H]1CS(=O)(=O)C[C@@H]1S(=O)(=O)c1ccc(CC)cc1. The van der Waals surface area contributed by atoms with E-state index in [4.69, 9.17) is 4.74 Å². The van der Waals surface area contributed by atoms with Gasteiger partial charge in [0.25, 0.3) is 0 Å². The van der Waals surface area contributed by atoms with Crippen molar-refractivity contribution in [3.63, 3.8) is 0 Å². The molecular formula is C16H23NO6S2. The highest BCUT2D eigenvalue weighted by Gasteiger charge is 2.45. The molecule has 0 spiro atoms. The largest absolute Gasteiger partial charge is 0.465 e. The van der Waals surface area contributed by atoms with E-state index in [-0.39, 0.29) is 23.8 Å². The highest BCUT2D eigenvalue weighted by Crippen LogP contribution is 2.26. The van der Waals surface area contributed by atoms with E-state index in [2.05, 4.69) is 5.32 Å². The van der Waals surface area contributed by atoms with Gasteiger partial charge in [0.15, 0.2) is 19.7 Å². The molecule has 1 heterocycles. The zero-order valence-electron chi connectivity index (χ0n) is 14.3. The summed E-state index contributed by atoms with van der Waals surface area (Å²) in [7, 11) is -7.34. The van der Waals surface area contributed by atoms with Gasteiger partial charge in [-0.05, 0) is 31.0 Å². The molecule has 1 aromatic rings. The molecule has 25 heavy (non-hydrogen) atoms. The lowest BCUT2D eigenvalue weighted by Crippen LogP contribution is -2.45. The number of hydrogen-bond donors (Lipinski definition) is 1. The van der Waals surface area contributed by atoms with Crippen molar-refractivity contribution in [2.75, 3.05) is 24.7 Å². The van der Waals surface area contributed by atoms with Gasteiger partial charge >= 0.3 is 5.97 Å². The molecule has 1 N–H and O–H groups in total. The molecule has 0 amide bonds. The molecule has 1 aliphatic rings. The molecule has 0 bridgehead atoms. The molecule has 140 valence electrons. The Morgan fingerprint density at radius 1 is 1.20 bits per heavy atom. The van der Waals surface area contributed by atoms with Crippen LogP contribution in [-0.2, 0) is 35.6 Å². The fourth-order valence-electron chi connectivity index (χ4n) is 2.83. The maximum Gasteiger partial charge on any atom is 0.319 e. The van der Waals surface area contributed by atoms with Gasteiger partial charge in [0.05, 0.1) is 34.8 Å². The van der Waals surface area contributed by atoms with E-state index < -0.39 is 42.7 Å². The summed E-state index contributed by atoms with van der Waals surface area (Å²) in [6.07, 6.45) is 0.780. The lowest BCUT2D eigenvalue weighted by molar-refractivity contribution is -0.142. The third kappa shape index (κ3) is 4.80. The summed E-state index contributed by atoms with van der Waals surface area (Å²) in [5.41, 5.74) is 0.995. The Balaban J connectivity index is 2.24. The molecule has 1 aromatic carbocycles. The number of ether oxygens (including phenoxy) is 1. The Morgan fingerprint density at radius 3 is 2.40 bits per heavy atom. The first-order valence-corrected chi connectivity index (χ1v) is 11.5. The van der Waals surface area contributed by atoms with Crippen molar-refractivity contribution in [1.29, 1.82) is 0 Å². The number of esters is 1. The van der Waals surface area contributed by atoms with Crippen molar-refractivity contribution in [2.24, 2.45) is 0 Å². The van der Waals surface area contributed by atoms with E-state index in [9.17, 15) is 21.6 Å².